The van der Waals surface area contributed by atoms with Crippen LogP contribution in [0.3, 0.4) is 0 Å². The maximum absolute atomic E-state index is 13.2. The lowest BCUT2D eigenvalue weighted by Gasteiger charge is -2.58. The molecule has 0 amide bonds. The first-order valence-electron chi connectivity index (χ1n) is 6.49. The van der Waals surface area contributed by atoms with Crippen LogP contribution in [-0.4, -0.2) is 30.8 Å². The predicted molar refractivity (Wildman–Crippen MR) is 68.0 cm³/mol. The van der Waals surface area contributed by atoms with Crippen LogP contribution in [0.5, 0.6) is 0 Å². The van der Waals surface area contributed by atoms with Crippen molar-refractivity contribution < 1.29 is 9.13 Å². The zero-order valence-corrected chi connectivity index (χ0v) is 11.1. The van der Waals surface area contributed by atoms with Crippen molar-refractivity contribution in [1.29, 1.82) is 0 Å². The second-order valence-corrected chi connectivity index (χ2v) is 5.94. The molecule has 1 saturated carbocycles. The Labute approximate surface area is 107 Å². The van der Waals surface area contributed by atoms with Gasteiger partial charge in [-0.3, -0.25) is 0 Å². The van der Waals surface area contributed by atoms with Crippen LogP contribution in [0, 0.1) is 17.3 Å². The van der Waals surface area contributed by atoms with Crippen molar-refractivity contribution in [2.75, 3.05) is 18.6 Å². The third kappa shape index (κ3) is 1.55. The Morgan fingerprint density at radius 1 is 1.44 bits per heavy atom. The van der Waals surface area contributed by atoms with Gasteiger partial charge in [-0.25, -0.2) is 4.98 Å². The number of ether oxygens (including phenoxy) is 1. The van der Waals surface area contributed by atoms with Gasteiger partial charge in [-0.15, -0.1) is 0 Å². The molecule has 2 fully saturated rings. The standard InChI is InChI=1S/C14H19FN2O/c1-14(2)12(9-7-8-18-13(9)14)17(3)11-6-4-5-10(15)16-11/h4-6,9,12-13H,7-8H2,1-3H3. The zero-order chi connectivity index (χ0) is 12.9. The van der Waals surface area contributed by atoms with Crippen molar-refractivity contribution in [3.63, 3.8) is 0 Å². The van der Waals surface area contributed by atoms with E-state index in [9.17, 15) is 4.39 Å². The van der Waals surface area contributed by atoms with E-state index in [2.05, 4.69) is 23.7 Å². The van der Waals surface area contributed by atoms with E-state index in [1.807, 2.05) is 13.1 Å². The summed E-state index contributed by atoms with van der Waals surface area (Å²) in [4.78, 5) is 6.08. The first-order chi connectivity index (χ1) is 8.51. The summed E-state index contributed by atoms with van der Waals surface area (Å²) in [7, 11) is 2.00. The van der Waals surface area contributed by atoms with Gasteiger partial charge < -0.3 is 9.64 Å². The SMILES string of the molecule is CN(c1cccc(F)n1)C1C2CCOC2C1(C)C. The Kier molecular flexibility index (Phi) is 2.59. The van der Waals surface area contributed by atoms with Crippen molar-refractivity contribution in [1.82, 2.24) is 4.98 Å². The third-order valence-corrected chi connectivity index (χ3v) is 4.52. The molecule has 1 aromatic rings. The van der Waals surface area contributed by atoms with E-state index >= 15 is 0 Å². The summed E-state index contributed by atoms with van der Waals surface area (Å²) in [6.07, 6.45) is 1.44. The molecule has 18 heavy (non-hydrogen) atoms. The summed E-state index contributed by atoms with van der Waals surface area (Å²) >= 11 is 0. The van der Waals surface area contributed by atoms with Gasteiger partial charge in [-0.2, -0.15) is 4.39 Å². The predicted octanol–water partition coefficient (Wildman–Crippen LogP) is 2.47. The van der Waals surface area contributed by atoms with Crippen LogP contribution in [0.4, 0.5) is 10.2 Å². The molecule has 98 valence electrons. The van der Waals surface area contributed by atoms with Crippen LogP contribution in [0.25, 0.3) is 0 Å². The highest BCUT2D eigenvalue weighted by Gasteiger charge is 2.60. The number of pyridine rings is 1. The van der Waals surface area contributed by atoms with Gasteiger partial charge in [0, 0.05) is 31.0 Å². The molecule has 3 atom stereocenters. The molecule has 3 unspecified atom stereocenters. The van der Waals surface area contributed by atoms with Crippen molar-refractivity contribution in [3.05, 3.63) is 24.1 Å². The summed E-state index contributed by atoms with van der Waals surface area (Å²) in [6.45, 7) is 5.29. The fourth-order valence-electron chi connectivity index (χ4n) is 3.82. The number of nitrogens with zero attached hydrogens (tertiary/aromatic N) is 2. The Morgan fingerprint density at radius 2 is 2.22 bits per heavy atom. The maximum Gasteiger partial charge on any atom is 0.214 e. The van der Waals surface area contributed by atoms with Gasteiger partial charge in [-0.1, -0.05) is 19.9 Å². The Balaban J connectivity index is 1.87. The maximum atomic E-state index is 13.2. The van der Waals surface area contributed by atoms with Crippen LogP contribution in [0.1, 0.15) is 20.3 Å². The Bertz CT molecular complexity index is 463. The molecule has 0 radical (unpaired) electrons. The molecule has 2 heterocycles. The lowest BCUT2D eigenvalue weighted by atomic mass is 9.57. The minimum absolute atomic E-state index is 0.101. The van der Waals surface area contributed by atoms with Gasteiger partial charge in [0.25, 0.3) is 0 Å². The fraction of sp³-hybridized carbons (Fsp3) is 0.643. The molecule has 1 aliphatic carbocycles. The van der Waals surface area contributed by atoms with Crippen molar-refractivity contribution in [3.8, 4) is 0 Å². The van der Waals surface area contributed by atoms with Crippen LogP contribution < -0.4 is 4.90 Å². The number of anilines is 1. The van der Waals surface area contributed by atoms with Gasteiger partial charge in [0.1, 0.15) is 5.82 Å². The van der Waals surface area contributed by atoms with Gasteiger partial charge in [-0.05, 0) is 18.6 Å². The summed E-state index contributed by atoms with van der Waals surface area (Å²) in [5.41, 5.74) is 0.101. The highest BCUT2D eigenvalue weighted by Crippen LogP contribution is 2.54. The molecule has 1 aromatic heterocycles. The lowest BCUT2D eigenvalue weighted by Crippen LogP contribution is -2.66. The first kappa shape index (κ1) is 11.9. The summed E-state index contributed by atoms with van der Waals surface area (Å²) in [5.74, 6) is 0.837. The topological polar surface area (TPSA) is 25.4 Å². The average Bonchev–Trinajstić information content (AvgIpc) is 2.75. The number of rotatable bonds is 2. The van der Waals surface area contributed by atoms with Crippen molar-refractivity contribution >= 4 is 5.82 Å². The number of aromatic nitrogens is 1. The smallest absolute Gasteiger partial charge is 0.214 e. The molecule has 3 rings (SSSR count). The number of halogens is 1. The monoisotopic (exact) mass is 250 g/mol. The molecule has 0 aromatic carbocycles. The quantitative estimate of drug-likeness (QED) is 0.754. The summed E-state index contributed by atoms with van der Waals surface area (Å²) in [5, 5.41) is 0. The number of hydrogen-bond acceptors (Lipinski definition) is 3. The van der Waals surface area contributed by atoms with Crippen molar-refractivity contribution in [2.45, 2.75) is 32.4 Å². The van der Waals surface area contributed by atoms with E-state index in [1.165, 1.54) is 6.07 Å². The minimum atomic E-state index is -0.421. The van der Waals surface area contributed by atoms with Gasteiger partial charge in [0.2, 0.25) is 5.95 Å². The molecule has 1 aliphatic heterocycles. The lowest BCUT2D eigenvalue weighted by molar-refractivity contribution is -0.101. The molecule has 1 saturated heterocycles. The van der Waals surface area contributed by atoms with Gasteiger partial charge in [0.15, 0.2) is 0 Å². The van der Waals surface area contributed by atoms with Crippen LogP contribution in [0.2, 0.25) is 0 Å². The summed E-state index contributed by atoms with van der Waals surface area (Å²) < 4.78 is 19.0. The third-order valence-electron chi connectivity index (χ3n) is 4.52. The minimum Gasteiger partial charge on any atom is -0.377 e. The van der Waals surface area contributed by atoms with E-state index in [1.54, 1.807) is 6.07 Å². The second-order valence-electron chi connectivity index (χ2n) is 5.94. The van der Waals surface area contributed by atoms with E-state index < -0.39 is 5.95 Å². The summed E-state index contributed by atoms with van der Waals surface area (Å²) in [6, 6.07) is 5.33. The van der Waals surface area contributed by atoms with E-state index in [-0.39, 0.29) is 5.41 Å². The van der Waals surface area contributed by atoms with Crippen LogP contribution in [0.15, 0.2) is 18.2 Å². The van der Waals surface area contributed by atoms with Gasteiger partial charge in [0.05, 0.1) is 6.10 Å². The Morgan fingerprint density at radius 3 is 2.94 bits per heavy atom. The molecule has 0 spiro atoms. The molecule has 3 nitrogen and oxygen atoms in total. The molecule has 2 aliphatic rings. The zero-order valence-electron chi connectivity index (χ0n) is 11.1. The average molecular weight is 250 g/mol. The second kappa shape index (κ2) is 3.92. The first-order valence-corrected chi connectivity index (χ1v) is 6.49. The largest absolute Gasteiger partial charge is 0.377 e. The highest BCUT2D eigenvalue weighted by atomic mass is 19.1. The number of fused-ring (bicyclic) bond motifs is 1. The molecular formula is C14H19FN2O. The highest BCUT2D eigenvalue weighted by molar-refractivity contribution is 5.41. The Hall–Kier alpha value is -1.16. The fourth-order valence-corrected chi connectivity index (χ4v) is 3.82. The van der Waals surface area contributed by atoms with Crippen LogP contribution in [-0.2, 0) is 4.74 Å². The van der Waals surface area contributed by atoms with Crippen molar-refractivity contribution in [2.24, 2.45) is 11.3 Å². The molecule has 4 heteroatoms. The normalized spacial score (nSPS) is 32.8. The van der Waals surface area contributed by atoms with Gasteiger partial charge >= 0.3 is 0 Å². The van der Waals surface area contributed by atoms with E-state index in [4.69, 9.17) is 4.74 Å². The van der Waals surface area contributed by atoms with Crippen LogP contribution >= 0.6 is 0 Å². The van der Waals surface area contributed by atoms with E-state index in [0.29, 0.717) is 23.9 Å². The molecular weight excluding hydrogens is 231 g/mol. The molecule has 0 bridgehead atoms. The van der Waals surface area contributed by atoms with E-state index in [0.717, 1.165) is 13.0 Å². The molecule has 0 N–H and O–H groups in total. The number of hydrogen-bond donors (Lipinski definition) is 0.